The molecule has 2 aliphatic rings. The minimum Gasteiger partial charge on any atom is -0.356 e. The van der Waals surface area contributed by atoms with Gasteiger partial charge in [0.1, 0.15) is 18.0 Å². The Morgan fingerprint density at radius 3 is 2.36 bits per heavy atom. The first-order valence-electron chi connectivity index (χ1n) is 11.5. The molecule has 3 heterocycles. The van der Waals surface area contributed by atoms with Crippen molar-refractivity contribution in [2.45, 2.75) is 25.8 Å². The van der Waals surface area contributed by atoms with Crippen LogP contribution >= 0.6 is 11.6 Å². The number of anilines is 3. The number of piperidine rings is 1. The highest BCUT2D eigenvalue weighted by molar-refractivity contribution is 6.30. The Labute approximate surface area is 199 Å². The van der Waals surface area contributed by atoms with Gasteiger partial charge in [-0.05, 0) is 55.0 Å². The quantitative estimate of drug-likeness (QED) is 0.569. The zero-order valence-corrected chi connectivity index (χ0v) is 19.6. The van der Waals surface area contributed by atoms with Crippen molar-refractivity contribution in [3.8, 4) is 0 Å². The summed E-state index contributed by atoms with van der Waals surface area (Å²) in [4.78, 5) is 28.4. The number of rotatable bonds is 4. The molecule has 2 aliphatic heterocycles. The summed E-state index contributed by atoms with van der Waals surface area (Å²) < 4.78 is 0. The third-order valence-electron chi connectivity index (χ3n) is 6.67. The van der Waals surface area contributed by atoms with Crippen LogP contribution in [0.5, 0.6) is 0 Å². The lowest BCUT2D eigenvalue weighted by Gasteiger charge is -2.34. The number of amides is 1. The van der Waals surface area contributed by atoms with Gasteiger partial charge >= 0.3 is 0 Å². The van der Waals surface area contributed by atoms with Crippen molar-refractivity contribution in [3.05, 3.63) is 77.1 Å². The van der Waals surface area contributed by atoms with Crippen LogP contribution in [0.4, 0.5) is 17.3 Å². The van der Waals surface area contributed by atoms with Crippen LogP contribution in [0.2, 0.25) is 5.02 Å². The smallest absolute Gasteiger partial charge is 0.246 e. The van der Waals surface area contributed by atoms with E-state index in [1.165, 1.54) is 5.56 Å². The number of aromatic nitrogens is 2. The fraction of sp³-hybridized carbons (Fsp3) is 0.346. The van der Waals surface area contributed by atoms with Gasteiger partial charge in [-0.3, -0.25) is 4.79 Å². The van der Waals surface area contributed by atoms with E-state index in [9.17, 15) is 4.79 Å². The highest BCUT2D eigenvalue weighted by atomic mass is 35.5. The molecule has 0 spiro atoms. The number of halogens is 1. The normalized spacial score (nSPS) is 17.2. The predicted octanol–water partition coefficient (Wildman–Crippen LogP) is 4.57. The molecular formula is C26H28ClN5O. The van der Waals surface area contributed by atoms with Crippen LogP contribution in [0.25, 0.3) is 0 Å². The third kappa shape index (κ3) is 4.67. The van der Waals surface area contributed by atoms with Crippen LogP contribution < -0.4 is 14.7 Å². The summed E-state index contributed by atoms with van der Waals surface area (Å²) in [6, 6.07) is 18.2. The number of nitrogens with zero attached hydrogens (tertiary/aromatic N) is 5. The molecule has 2 aromatic carbocycles. The summed E-state index contributed by atoms with van der Waals surface area (Å²) in [7, 11) is 1.92. The van der Waals surface area contributed by atoms with E-state index in [0.29, 0.717) is 17.5 Å². The van der Waals surface area contributed by atoms with E-state index in [-0.39, 0.29) is 12.5 Å². The van der Waals surface area contributed by atoms with E-state index in [1.807, 2.05) is 41.1 Å². The van der Waals surface area contributed by atoms with Crippen LogP contribution in [0.15, 0.2) is 60.9 Å². The van der Waals surface area contributed by atoms with Crippen LogP contribution in [0.3, 0.4) is 0 Å². The fourth-order valence-corrected chi connectivity index (χ4v) is 5.02. The van der Waals surface area contributed by atoms with Crippen LogP contribution in [0.1, 0.15) is 24.0 Å². The molecule has 0 saturated carbocycles. The SMILES string of the molecule is CN1CC(=O)N(c2ccc(Cl)cc2)Cc2c1ncnc2N1CCC(Cc2ccccc2)CC1. The molecule has 1 aromatic heterocycles. The van der Waals surface area contributed by atoms with E-state index in [1.54, 1.807) is 6.33 Å². The molecule has 0 unspecified atom stereocenters. The molecule has 1 fully saturated rings. The van der Waals surface area contributed by atoms with E-state index in [2.05, 4.69) is 40.2 Å². The minimum absolute atomic E-state index is 0.0327. The highest BCUT2D eigenvalue weighted by Gasteiger charge is 2.30. The Bertz CT molecular complexity index is 1110. The summed E-state index contributed by atoms with van der Waals surface area (Å²) in [6.07, 6.45) is 5.01. The Morgan fingerprint density at radius 1 is 0.939 bits per heavy atom. The second-order valence-electron chi connectivity index (χ2n) is 8.93. The Hall–Kier alpha value is -3.12. The fourth-order valence-electron chi connectivity index (χ4n) is 4.90. The molecule has 0 radical (unpaired) electrons. The molecule has 0 N–H and O–H groups in total. The van der Waals surface area contributed by atoms with E-state index in [0.717, 1.165) is 55.2 Å². The molecule has 1 amide bonds. The lowest BCUT2D eigenvalue weighted by molar-refractivity contribution is -0.117. The maximum atomic E-state index is 13.1. The van der Waals surface area contributed by atoms with Gasteiger partial charge in [-0.2, -0.15) is 0 Å². The summed E-state index contributed by atoms with van der Waals surface area (Å²) in [5.41, 5.74) is 3.25. The zero-order valence-electron chi connectivity index (χ0n) is 18.8. The number of carbonyl (C=O) groups excluding carboxylic acids is 1. The van der Waals surface area contributed by atoms with Crippen LogP contribution in [-0.4, -0.2) is 42.6 Å². The molecule has 170 valence electrons. The van der Waals surface area contributed by atoms with Gasteiger partial charge in [-0.15, -0.1) is 0 Å². The average molecular weight is 462 g/mol. The van der Waals surface area contributed by atoms with Crippen LogP contribution in [0, 0.1) is 5.92 Å². The van der Waals surface area contributed by atoms with E-state index < -0.39 is 0 Å². The molecule has 5 rings (SSSR count). The molecule has 1 saturated heterocycles. The number of carbonyl (C=O) groups is 1. The molecule has 0 aliphatic carbocycles. The molecule has 3 aromatic rings. The average Bonchev–Trinajstić information content (AvgIpc) is 2.96. The van der Waals surface area contributed by atoms with E-state index in [4.69, 9.17) is 16.6 Å². The molecule has 33 heavy (non-hydrogen) atoms. The maximum absolute atomic E-state index is 13.1. The third-order valence-corrected chi connectivity index (χ3v) is 6.92. The van der Waals surface area contributed by atoms with Gasteiger partial charge in [-0.1, -0.05) is 41.9 Å². The molecule has 0 atom stereocenters. The van der Waals surface area contributed by atoms with Crippen molar-refractivity contribution >= 4 is 34.8 Å². The molecular weight excluding hydrogens is 434 g/mol. The van der Waals surface area contributed by atoms with Crippen molar-refractivity contribution < 1.29 is 4.79 Å². The molecule has 7 heteroatoms. The van der Waals surface area contributed by atoms with Gasteiger partial charge in [-0.25, -0.2) is 9.97 Å². The first-order chi connectivity index (χ1) is 16.1. The van der Waals surface area contributed by atoms with Crippen molar-refractivity contribution in [3.63, 3.8) is 0 Å². The lowest BCUT2D eigenvalue weighted by atomic mass is 9.90. The molecule has 0 bridgehead atoms. The summed E-state index contributed by atoms with van der Waals surface area (Å²) in [5.74, 6) is 2.49. The summed E-state index contributed by atoms with van der Waals surface area (Å²) in [6.45, 7) is 2.63. The maximum Gasteiger partial charge on any atom is 0.246 e. The Balaban J connectivity index is 1.38. The van der Waals surface area contributed by atoms with Crippen molar-refractivity contribution in [2.24, 2.45) is 5.92 Å². The van der Waals surface area contributed by atoms with Gasteiger partial charge in [0.25, 0.3) is 0 Å². The number of likely N-dealkylation sites (N-methyl/N-ethyl adjacent to an activating group) is 1. The first-order valence-corrected chi connectivity index (χ1v) is 11.9. The number of benzene rings is 2. The van der Waals surface area contributed by atoms with Crippen molar-refractivity contribution in [1.82, 2.24) is 9.97 Å². The van der Waals surface area contributed by atoms with Crippen molar-refractivity contribution in [1.29, 1.82) is 0 Å². The van der Waals surface area contributed by atoms with Gasteiger partial charge in [0.15, 0.2) is 0 Å². The first kappa shape index (κ1) is 21.7. The zero-order chi connectivity index (χ0) is 22.8. The lowest BCUT2D eigenvalue weighted by Crippen LogP contribution is -2.37. The highest BCUT2D eigenvalue weighted by Crippen LogP contribution is 2.34. The topological polar surface area (TPSA) is 52.6 Å². The number of hydrogen-bond acceptors (Lipinski definition) is 5. The van der Waals surface area contributed by atoms with Gasteiger partial charge < -0.3 is 14.7 Å². The number of fused-ring (bicyclic) bond motifs is 1. The largest absolute Gasteiger partial charge is 0.356 e. The van der Waals surface area contributed by atoms with Gasteiger partial charge in [0, 0.05) is 30.8 Å². The predicted molar refractivity (Wildman–Crippen MR) is 133 cm³/mol. The molecule has 6 nitrogen and oxygen atoms in total. The van der Waals surface area contributed by atoms with E-state index >= 15 is 0 Å². The Kier molecular flexibility index (Phi) is 6.18. The second-order valence-corrected chi connectivity index (χ2v) is 9.37. The van der Waals surface area contributed by atoms with Gasteiger partial charge in [0.2, 0.25) is 5.91 Å². The minimum atomic E-state index is 0.0327. The standard InChI is InChI=1S/C26H28ClN5O/c1-30-17-24(33)32(22-9-7-21(27)8-10-22)16-23-25(30)28-18-29-26(23)31-13-11-20(12-14-31)15-19-5-3-2-4-6-19/h2-10,18,20H,11-17H2,1H3. The summed E-state index contributed by atoms with van der Waals surface area (Å²) in [5, 5.41) is 0.654. The van der Waals surface area contributed by atoms with Crippen LogP contribution in [-0.2, 0) is 17.8 Å². The van der Waals surface area contributed by atoms with Crippen molar-refractivity contribution in [2.75, 3.05) is 41.4 Å². The Morgan fingerprint density at radius 2 is 1.64 bits per heavy atom. The monoisotopic (exact) mass is 461 g/mol. The van der Waals surface area contributed by atoms with Gasteiger partial charge in [0.05, 0.1) is 18.7 Å². The second kappa shape index (κ2) is 9.40. The number of hydrogen-bond donors (Lipinski definition) is 0. The summed E-state index contributed by atoms with van der Waals surface area (Å²) >= 11 is 6.07.